The van der Waals surface area contributed by atoms with Crippen molar-refractivity contribution in [1.82, 2.24) is 0 Å². The summed E-state index contributed by atoms with van der Waals surface area (Å²) in [6.07, 6.45) is 0. The number of aryl methyl sites for hydroxylation is 1. The Morgan fingerprint density at radius 1 is 1.20 bits per heavy atom. The van der Waals surface area contributed by atoms with E-state index in [4.69, 9.17) is 16.9 Å². The van der Waals surface area contributed by atoms with Gasteiger partial charge < -0.3 is 5.32 Å². The third-order valence-electron chi connectivity index (χ3n) is 2.90. The lowest BCUT2D eigenvalue weighted by atomic mass is 10.1. The minimum absolute atomic E-state index is 0.0773. The summed E-state index contributed by atoms with van der Waals surface area (Å²) in [6.45, 7) is 1.74. The lowest BCUT2D eigenvalue weighted by Crippen LogP contribution is -2.03. The molecule has 0 aromatic heterocycles. The number of nitrogens with one attached hydrogen (secondary N) is 1. The van der Waals surface area contributed by atoms with Crippen molar-refractivity contribution < 1.29 is 8.78 Å². The lowest BCUT2D eigenvalue weighted by molar-refractivity contribution is 0.594. The van der Waals surface area contributed by atoms with Crippen LogP contribution in [-0.4, -0.2) is 0 Å². The van der Waals surface area contributed by atoms with Gasteiger partial charge in [-0.05, 0) is 36.2 Å². The summed E-state index contributed by atoms with van der Waals surface area (Å²) in [4.78, 5) is 0. The maximum Gasteiger partial charge on any atom is 0.146 e. The van der Waals surface area contributed by atoms with Crippen molar-refractivity contribution in [3.05, 3.63) is 63.7 Å². The quantitative estimate of drug-likeness (QED) is 0.909. The third kappa shape index (κ3) is 3.06. The van der Waals surface area contributed by atoms with Gasteiger partial charge in [0, 0.05) is 17.6 Å². The summed E-state index contributed by atoms with van der Waals surface area (Å²) in [6, 6.07) is 9.06. The van der Waals surface area contributed by atoms with Gasteiger partial charge in [-0.3, -0.25) is 0 Å². The van der Waals surface area contributed by atoms with Gasteiger partial charge in [0.05, 0.1) is 17.3 Å². The zero-order valence-corrected chi connectivity index (χ0v) is 11.4. The van der Waals surface area contributed by atoms with Crippen LogP contribution in [0.15, 0.2) is 30.3 Å². The Bertz CT molecular complexity index is 693. The molecular weight excluding hydrogens is 282 g/mol. The minimum Gasteiger partial charge on any atom is -0.378 e. The number of nitriles is 1. The first-order valence-electron chi connectivity index (χ1n) is 5.89. The summed E-state index contributed by atoms with van der Waals surface area (Å²) >= 11 is 6.01. The van der Waals surface area contributed by atoms with Gasteiger partial charge in [-0.2, -0.15) is 5.26 Å². The fourth-order valence-electron chi connectivity index (χ4n) is 1.73. The third-order valence-corrected chi connectivity index (χ3v) is 3.25. The lowest BCUT2D eigenvalue weighted by Gasteiger charge is -2.10. The van der Waals surface area contributed by atoms with Crippen molar-refractivity contribution >= 4 is 17.3 Å². The summed E-state index contributed by atoms with van der Waals surface area (Å²) in [5.41, 5.74) is 1.48. The highest BCUT2D eigenvalue weighted by atomic mass is 35.5. The van der Waals surface area contributed by atoms with Crippen molar-refractivity contribution in [3.8, 4) is 6.07 Å². The number of rotatable bonds is 3. The average Bonchev–Trinajstić information content (AvgIpc) is 2.42. The molecule has 0 bridgehead atoms. The van der Waals surface area contributed by atoms with Gasteiger partial charge in [0.1, 0.15) is 11.6 Å². The molecule has 0 radical (unpaired) electrons. The van der Waals surface area contributed by atoms with E-state index in [0.717, 1.165) is 12.1 Å². The maximum atomic E-state index is 13.6. The van der Waals surface area contributed by atoms with E-state index in [2.05, 4.69) is 5.32 Å². The monoisotopic (exact) mass is 292 g/mol. The largest absolute Gasteiger partial charge is 0.378 e. The molecule has 0 unspecified atom stereocenters. The van der Waals surface area contributed by atoms with Crippen molar-refractivity contribution in [1.29, 1.82) is 5.26 Å². The molecule has 2 aromatic carbocycles. The van der Waals surface area contributed by atoms with E-state index in [1.54, 1.807) is 12.1 Å². The van der Waals surface area contributed by atoms with E-state index in [1.807, 2.05) is 6.07 Å². The molecule has 0 spiro atoms. The summed E-state index contributed by atoms with van der Waals surface area (Å²) in [5, 5.41) is 11.9. The Morgan fingerprint density at radius 3 is 2.60 bits per heavy atom. The maximum absolute atomic E-state index is 13.6. The van der Waals surface area contributed by atoms with Gasteiger partial charge in [0.15, 0.2) is 0 Å². The van der Waals surface area contributed by atoms with Gasteiger partial charge in [-0.1, -0.05) is 17.7 Å². The van der Waals surface area contributed by atoms with Crippen LogP contribution in [0.25, 0.3) is 0 Å². The van der Waals surface area contributed by atoms with E-state index >= 15 is 0 Å². The Balaban J connectivity index is 2.17. The van der Waals surface area contributed by atoms with E-state index in [9.17, 15) is 8.78 Å². The van der Waals surface area contributed by atoms with Crippen molar-refractivity contribution in [3.63, 3.8) is 0 Å². The molecular formula is C15H11ClF2N2. The van der Waals surface area contributed by atoms with E-state index in [1.165, 1.54) is 13.0 Å². The molecule has 1 N–H and O–H groups in total. The van der Waals surface area contributed by atoms with Gasteiger partial charge in [-0.15, -0.1) is 0 Å². The van der Waals surface area contributed by atoms with Crippen LogP contribution >= 0.6 is 11.6 Å². The molecule has 0 atom stereocenters. The zero-order chi connectivity index (χ0) is 14.7. The van der Waals surface area contributed by atoms with Gasteiger partial charge in [-0.25, -0.2) is 8.78 Å². The summed E-state index contributed by atoms with van der Waals surface area (Å²) in [5.74, 6) is -0.992. The van der Waals surface area contributed by atoms with Gasteiger partial charge in [0.2, 0.25) is 0 Å². The predicted molar refractivity (Wildman–Crippen MR) is 74.6 cm³/mol. The van der Waals surface area contributed by atoms with Crippen LogP contribution in [0.2, 0.25) is 5.02 Å². The van der Waals surface area contributed by atoms with E-state index in [-0.39, 0.29) is 17.8 Å². The molecule has 102 valence electrons. The second kappa shape index (κ2) is 5.89. The number of hydrogen-bond donors (Lipinski definition) is 1. The number of benzene rings is 2. The molecule has 5 heteroatoms. The number of anilines is 1. The molecule has 0 saturated heterocycles. The molecule has 0 aliphatic rings. The molecule has 0 heterocycles. The van der Waals surface area contributed by atoms with Gasteiger partial charge in [0.25, 0.3) is 0 Å². The zero-order valence-electron chi connectivity index (χ0n) is 10.7. The van der Waals surface area contributed by atoms with Crippen molar-refractivity contribution in [2.24, 2.45) is 0 Å². The smallest absolute Gasteiger partial charge is 0.146 e. The van der Waals surface area contributed by atoms with Gasteiger partial charge >= 0.3 is 0 Å². The van der Waals surface area contributed by atoms with Crippen LogP contribution < -0.4 is 5.32 Å². The highest BCUT2D eigenvalue weighted by molar-refractivity contribution is 6.31. The van der Waals surface area contributed by atoms with E-state index < -0.39 is 11.6 Å². The molecule has 2 rings (SSSR count). The Kier molecular flexibility index (Phi) is 4.21. The fraction of sp³-hybridized carbons (Fsp3) is 0.133. The second-order valence-corrected chi connectivity index (χ2v) is 4.76. The Hall–Kier alpha value is -2.12. The second-order valence-electron chi connectivity index (χ2n) is 4.35. The first-order chi connectivity index (χ1) is 9.51. The first-order valence-corrected chi connectivity index (χ1v) is 6.27. The Morgan fingerprint density at radius 2 is 1.95 bits per heavy atom. The number of hydrogen-bond acceptors (Lipinski definition) is 2. The number of halogens is 3. The standard InChI is InChI=1S/C15H11ClF2N2/c1-9-4-14(18)15(6-13(9)17)20-8-11-3-2-10(7-19)5-12(11)16/h2-6,20H,8H2,1H3. The SMILES string of the molecule is Cc1cc(F)c(NCc2ccc(C#N)cc2Cl)cc1F. The summed E-state index contributed by atoms with van der Waals surface area (Å²) in [7, 11) is 0. The molecule has 2 nitrogen and oxygen atoms in total. The molecule has 0 saturated carbocycles. The van der Waals surface area contributed by atoms with Crippen LogP contribution in [0, 0.1) is 29.9 Å². The number of nitrogens with zero attached hydrogens (tertiary/aromatic N) is 1. The average molecular weight is 293 g/mol. The van der Waals surface area contributed by atoms with Crippen LogP contribution in [-0.2, 0) is 6.54 Å². The molecule has 0 fully saturated rings. The van der Waals surface area contributed by atoms with Crippen LogP contribution in [0.4, 0.5) is 14.5 Å². The van der Waals surface area contributed by atoms with Crippen LogP contribution in [0.1, 0.15) is 16.7 Å². The highest BCUT2D eigenvalue weighted by Gasteiger charge is 2.08. The molecule has 2 aromatic rings. The topological polar surface area (TPSA) is 35.8 Å². The highest BCUT2D eigenvalue weighted by Crippen LogP contribution is 2.22. The molecule has 20 heavy (non-hydrogen) atoms. The fourth-order valence-corrected chi connectivity index (χ4v) is 1.98. The predicted octanol–water partition coefficient (Wildman–Crippen LogP) is 4.41. The molecule has 0 aliphatic carbocycles. The molecule has 0 amide bonds. The first kappa shape index (κ1) is 14.3. The van der Waals surface area contributed by atoms with Crippen LogP contribution in [0.5, 0.6) is 0 Å². The summed E-state index contributed by atoms with van der Waals surface area (Å²) < 4.78 is 27.0. The van der Waals surface area contributed by atoms with Crippen molar-refractivity contribution in [2.45, 2.75) is 13.5 Å². The Labute approximate surface area is 120 Å². The molecule has 0 aliphatic heterocycles. The van der Waals surface area contributed by atoms with Crippen molar-refractivity contribution in [2.75, 3.05) is 5.32 Å². The van der Waals surface area contributed by atoms with E-state index in [0.29, 0.717) is 16.1 Å². The normalized spacial score (nSPS) is 10.2. The minimum atomic E-state index is -0.520. The van der Waals surface area contributed by atoms with Crippen LogP contribution in [0.3, 0.4) is 0 Å².